The molecular weight excluding hydrogens is 265 g/mol. The Bertz CT molecular complexity index is 532. The summed E-state index contributed by atoms with van der Waals surface area (Å²) < 4.78 is 13.6. The van der Waals surface area contributed by atoms with Crippen LogP contribution < -0.4 is 5.32 Å². The van der Waals surface area contributed by atoms with Crippen molar-refractivity contribution in [1.82, 2.24) is 4.90 Å². The molecule has 0 aromatic heterocycles. The van der Waals surface area contributed by atoms with Gasteiger partial charge in [-0.25, -0.2) is 4.39 Å². The highest BCUT2D eigenvalue weighted by Crippen LogP contribution is 2.27. The lowest BCUT2D eigenvalue weighted by atomic mass is 10.1. The first-order valence-electron chi connectivity index (χ1n) is 6.30. The number of halogens is 1. The third kappa shape index (κ3) is 3.04. The third-order valence-corrected chi connectivity index (χ3v) is 3.01. The van der Waals surface area contributed by atoms with Crippen LogP contribution in [0.3, 0.4) is 0 Å². The minimum Gasteiger partial charge on any atom is -0.386 e. The maximum atomic E-state index is 13.6. The highest BCUT2D eigenvalue weighted by atomic mass is 19.1. The van der Waals surface area contributed by atoms with Gasteiger partial charge in [0.1, 0.15) is 5.56 Å². The van der Waals surface area contributed by atoms with E-state index >= 15 is 0 Å². The van der Waals surface area contributed by atoms with Crippen LogP contribution in [-0.2, 0) is 0 Å². The number of carbonyl (C=O) groups is 1. The number of nitro benzene ring substituents is 1. The van der Waals surface area contributed by atoms with Crippen LogP contribution in [0.1, 0.15) is 31.1 Å². The van der Waals surface area contributed by atoms with Crippen LogP contribution in [0, 0.1) is 15.9 Å². The predicted octanol–water partition coefficient (Wildman–Crippen LogP) is 2.65. The first kappa shape index (κ1) is 15.9. The number of amides is 1. The summed E-state index contributed by atoms with van der Waals surface area (Å²) in [5, 5.41) is 13.6. The lowest BCUT2D eigenvalue weighted by molar-refractivity contribution is -0.385. The van der Waals surface area contributed by atoms with E-state index in [2.05, 4.69) is 5.32 Å². The van der Waals surface area contributed by atoms with Gasteiger partial charge in [-0.2, -0.15) is 0 Å². The summed E-state index contributed by atoms with van der Waals surface area (Å²) in [6, 6.07) is 1.85. The highest BCUT2D eigenvalue weighted by molar-refractivity contribution is 5.99. The van der Waals surface area contributed by atoms with Gasteiger partial charge in [-0.1, -0.05) is 0 Å². The zero-order valence-corrected chi connectivity index (χ0v) is 11.9. The van der Waals surface area contributed by atoms with Crippen LogP contribution >= 0.6 is 0 Å². The molecule has 0 atom stereocenters. The molecule has 1 rings (SSSR count). The van der Waals surface area contributed by atoms with Gasteiger partial charge < -0.3 is 10.2 Å². The van der Waals surface area contributed by atoms with Crippen molar-refractivity contribution >= 4 is 17.3 Å². The van der Waals surface area contributed by atoms with E-state index in [9.17, 15) is 19.3 Å². The summed E-state index contributed by atoms with van der Waals surface area (Å²) in [6.07, 6.45) is 0. The lowest BCUT2D eigenvalue weighted by Gasteiger charge is -2.25. The number of carbonyl (C=O) groups excluding carboxylic acids is 1. The van der Waals surface area contributed by atoms with E-state index in [4.69, 9.17) is 0 Å². The Hall–Kier alpha value is -2.18. The van der Waals surface area contributed by atoms with Crippen molar-refractivity contribution in [3.63, 3.8) is 0 Å². The quantitative estimate of drug-likeness (QED) is 0.666. The summed E-state index contributed by atoms with van der Waals surface area (Å²) in [5.41, 5.74) is -0.583. The van der Waals surface area contributed by atoms with Gasteiger partial charge in [-0.15, -0.1) is 0 Å². The second kappa shape index (κ2) is 6.31. The molecule has 0 aliphatic carbocycles. The molecule has 20 heavy (non-hydrogen) atoms. The fourth-order valence-corrected chi connectivity index (χ4v) is 1.97. The zero-order valence-electron chi connectivity index (χ0n) is 11.9. The summed E-state index contributed by atoms with van der Waals surface area (Å²) in [4.78, 5) is 24.1. The summed E-state index contributed by atoms with van der Waals surface area (Å²) in [7, 11) is 1.48. The molecule has 7 heteroatoms. The average Bonchev–Trinajstić information content (AvgIpc) is 2.38. The Morgan fingerprint density at radius 2 is 2.10 bits per heavy atom. The summed E-state index contributed by atoms with van der Waals surface area (Å²) in [5.74, 6) is -1.24. The molecule has 1 N–H and O–H groups in total. The monoisotopic (exact) mass is 283 g/mol. The molecule has 0 fully saturated rings. The van der Waals surface area contributed by atoms with Gasteiger partial charge in [0.2, 0.25) is 0 Å². The van der Waals surface area contributed by atoms with E-state index < -0.39 is 22.3 Å². The lowest BCUT2D eigenvalue weighted by Crippen LogP contribution is -2.37. The van der Waals surface area contributed by atoms with Gasteiger partial charge in [0.25, 0.3) is 11.6 Å². The normalized spacial score (nSPS) is 10.5. The first-order chi connectivity index (χ1) is 9.33. The number of nitrogens with zero attached hydrogens (tertiary/aromatic N) is 2. The first-order valence-corrected chi connectivity index (χ1v) is 6.30. The van der Waals surface area contributed by atoms with E-state index in [1.807, 2.05) is 13.8 Å². The van der Waals surface area contributed by atoms with Crippen molar-refractivity contribution < 1.29 is 14.1 Å². The fourth-order valence-electron chi connectivity index (χ4n) is 1.97. The molecule has 6 nitrogen and oxygen atoms in total. The number of benzene rings is 1. The smallest absolute Gasteiger partial charge is 0.285 e. The largest absolute Gasteiger partial charge is 0.386 e. The van der Waals surface area contributed by atoms with Gasteiger partial charge in [-0.05, 0) is 26.8 Å². The molecule has 0 spiro atoms. The van der Waals surface area contributed by atoms with Crippen LogP contribution in [0.5, 0.6) is 0 Å². The van der Waals surface area contributed by atoms with E-state index in [0.29, 0.717) is 6.54 Å². The number of nitrogens with one attached hydrogen (secondary N) is 1. The molecule has 1 amide bonds. The van der Waals surface area contributed by atoms with Crippen LogP contribution in [0.4, 0.5) is 15.8 Å². The fraction of sp³-hybridized carbons (Fsp3) is 0.462. The number of rotatable bonds is 5. The minimum absolute atomic E-state index is 0.0544. The average molecular weight is 283 g/mol. The summed E-state index contributed by atoms with van der Waals surface area (Å²) in [6.45, 7) is 5.83. The van der Waals surface area contributed by atoms with Crippen molar-refractivity contribution in [2.45, 2.75) is 26.8 Å². The Morgan fingerprint density at radius 1 is 1.50 bits per heavy atom. The van der Waals surface area contributed by atoms with E-state index in [0.717, 1.165) is 6.07 Å². The molecule has 0 saturated carbocycles. The molecule has 0 unspecified atom stereocenters. The Kier molecular flexibility index (Phi) is 5.01. The maximum Gasteiger partial charge on any atom is 0.285 e. The predicted molar refractivity (Wildman–Crippen MR) is 74.4 cm³/mol. The standard InChI is InChI=1S/C13H18FN3O3/c1-5-16(8(2)3)13(18)9-6-11(15-4)10(14)7-12(9)17(19)20/h6-8,15H,5H2,1-4H3. The zero-order chi connectivity index (χ0) is 15.4. The van der Waals surface area contributed by atoms with Crippen LogP contribution in [0.15, 0.2) is 12.1 Å². The molecule has 0 saturated heterocycles. The van der Waals surface area contributed by atoms with Gasteiger partial charge in [-0.3, -0.25) is 14.9 Å². The second-order valence-corrected chi connectivity index (χ2v) is 4.54. The van der Waals surface area contributed by atoms with Crippen LogP contribution in [0.25, 0.3) is 0 Å². The maximum absolute atomic E-state index is 13.6. The Labute approximate surface area is 116 Å². The Balaban J connectivity index is 3.41. The van der Waals surface area contributed by atoms with Gasteiger partial charge in [0.05, 0.1) is 16.7 Å². The van der Waals surface area contributed by atoms with Crippen molar-refractivity contribution in [3.8, 4) is 0 Å². The molecule has 0 radical (unpaired) electrons. The molecule has 0 aliphatic heterocycles. The van der Waals surface area contributed by atoms with Crippen LogP contribution in [0.2, 0.25) is 0 Å². The molecule has 110 valence electrons. The number of anilines is 1. The minimum atomic E-state index is -0.761. The molecule has 1 aromatic rings. The van der Waals surface area contributed by atoms with E-state index in [1.54, 1.807) is 6.92 Å². The number of hydrogen-bond acceptors (Lipinski definition) is 4. The molecular formula is C13H18FN3O3. The molecule has 1 aromatic carbocycles. The molecule has 0 heterocycles. The SMILES string of the molecule is CCN(C(=O)c1cc(NC)c(F)cc1[N+](=O)[O-])C(C)C. The third-order valence-electron chi connectivity index (χ3n) is 3.01. The number of nitro groups is 1. The van der Waals surface area contributed by atoms with Crippen molar-refractivity contribution in [1.29, 1.82) is 0 Å². The van der Waals surface area contributed by atoms with Crippen molar-refractivity contribution in [2.24, 2.45) is 0 Å². The number of hydrogen-bond donors (Lipinski definition) is 1. The topological polar surface area (TPSA) is 75.5 Å². The van der Waals surface area contributed by atoms with E-state index in [1.165, 1.54) is 18.0 Å². The van der Waals surface area contributed by atoms with Crippen molar-refractivity contribution in [3.05, 3.63) is 33.6 Å². The van der Waals surface area contributed by atoms with Gasteiger partial charge in [0, 0.05) is 19.6 Å². The second-order valence-electron chi connectivity index (χ2n) is 4.54. The molecule has 0 bridgehead atoms. The van der Waals surface area contributed by atoms with E-state index in [-0.39, 0.29) is 17.3 Å². The highest BCUT2D eigenvalue weighted by Gasteiger charge is 2.27. The Morgan fingerprint density at radius 3 is 2.50 bits per heavy atom. The van der Waals surface area contributed by atoms with Gasteiger partial charge >= 0.3 is 0 Å². The van der Waals surface area contributed by atoms with Crippen molar-refractivity contribution in [2.75, 3.05) is 18.9 Å². The summed E-state index contributed by atoms with van der Waals surface area (Å²) >= 11 is 0. The van der Waals surface area contributed by atoms with Gasteiger partial charge in [0.15, 0.2) is 5.82 Å². The van der Waals surface area contributed by atoms with Crippen LogP contribution in [-0.4, -0.2) is 35.4 Å². The molecule has 0 aliphatic rings.